The molecule has 0 heterocycles. The first-order valence-electron chi connectivity index (χ1n) is 6.97. The molecule has 0 unspecified atom stereocenters. The Bertz CT molecular complexity index is 405. The molecule has 0 radical (unpaired) electrons. The normalized spacial score (nSPS) is 46.7. The number of ether oxygens (including phenoxy) is 1. The predicted octanol–water partition coefficient (Wildman–Crippen LogP) is 1.59. The molecule has 100 valence electrons. The first-order chi connectivity index (χ1) is 8.51. The summed E-state index contributed by atoms with van der Waals surface area (Å²) in [7, 11) is 0. The van der Waals surface area contributed by atoms with Crippen molar-refractivity contribution >= 4 is 11.8 Å². The van der Waals surface area contributed by atoms with Crippen LogP contribution < -0.4 is 0 Å². The summed E-state index contributed by atoms with van der Waals surface area (Å²) in [6, 6.07) is 0. The molecule has 4 nitrogen and oxygen atoms in total. The molecular weight excluding hydrogens is 232 g/mol. The van der Waals surface area contributed by atoms with Gasteiger partial charge in [-0.3, -0.25) is 9.59 Å². The van der Waals surface area contributed by atoms with Crippen LogP contribution in [0.3, 0.4) is 0 Å². The van der Waals surface area contributed by atoms with Crippen LogP contribution in [0.5, 0.6) is 0 Å². The maximum Gasteiger partial charge on any atom is 0.303 e. The van der Waals surface area contributed by atoms with E-state index in [1.165, 1.54) is 6.92 Å². The average Bonchev–Trinajstić information content (AvgIpc) is 2.77. The van der Waals surface area contributed by atoms with E-state index in [-0.39, 0.29) is 23.6 Å². The number of esters is 1. The minimum Gasteiger partial charge on any atom is -0.458 e. The molecule has 0 amide bonds. The van der Waals surface area contributed by atoms with Crippen LogP contribution in [-0.4, -0.2) is 28.1 Å². The highest BCUT2D eigenvalue weighted by Gasteiger charge is 2.70. The van der Waals surface area contributed by atoms with E-state index in [9.17, 15) is 14.7 Å². The molecule has 3 rings (SSSR count). The van der Waals surface area contributed by atoms with Crippen molar-refractivity contribution in [2.24, 2.45) is 11.8 Å². The van der Waals surface area contributed by atoms with E-state index < -0.39 is 11.2 Å². The number of carbonyl (C=O) groups excluding carboxylic acids is 2. The molecular formula is C14H20O4. The van der Waals surface area contributed by atoms with E-state index in [1.807, 2.05) is 0 Å². The maximum absolute atomic E-state index is 12.5. The number of Topliss-reactive ketones (excluding diaryl/α,β-unsaturated/α-hetero) is 1. The third-order valence-electron chi connectivity index (χ3n) is 5.19. The first kappa shape index (κ1) is 12.2. The zero-order chi connectivity index (χ0) is 13.0. The molecule has 0 aromatic heterocycles. The Balaban J connectivity index is 2.04. The van der Waals surface area contributed by atoms with E-state index in [1.54, 1.807) is 0 Å². The van der Waals surface area contributed by atoms with Gasteiger partial charge in [-0.2, -0.15) is 0 Å². The van der Waals surface area contributed by atoms with Gasteiger partial charge in [-0.1, -0.05) is 12.8 Å². The standard InChI is InChI=1S/C14H20O4/c1-9(15)18-14-8-4-5-10(14)12(16)13(17)7-3-2-6-11(13)14/h10-11,17H,2-8H2,1H3/t10-,11+,13+,14+/m0/s1. The van der Waals surface area contributed by atoms with Crippen LogP contribution in [0.2, 0.25) is 0 Å². The Morgan fingerprint density at radius 2 is 2.06 bits per heavy atom. The topological polar surface area (TPSA) is 63.6 Å². The minimum atomic E-state index is -1.22. The molecule has 3 saturated carbocycles. The van der Waals surface area contributed by atoms with Crippen molar-refractivity contribution in [3.63, 3.8) is 0 Å². The van der Waals surface area contributed by atoms with Gasteiger partial charge in [-0.05, 0) is 32.1 Å². The van der Waals surface area contributed by atoms with Gasteiger partial charge in [0.25, 0.3) is 0 Å². The zero-order valence-corrected chi connectivity index (χ0v) is 10.8. The van der Waals surface area contributed by atoms with Gasteiger partial charge >= 0.3 is 5.97 Å². The van der Waals surface area contributed by atoms with Gasteiger partial charge in [0.2, 0.25) is 0 Å². The van der Waals surface area contributed by atoms with Crippen molar-refractivity contribution in [1.82, 2.24) is 0 Å². The summed E-state index contributed by atoms with van der Waals surface area (Å²) < 4.78 is 5.61. The fourth-order valence-electron chi connectivity index (χ4n) is 4.63. The van der Waals surface area contributed by atoms with E-state index in [0.717, 1.165) is 38.5 Å². The molecule has 3 aliphatic carbocycles. The van der Waals surface area contributed by atoms with Crippen LogP contribution >= 0.6 is 0 Å². The SMILES string of the molecule is CC(=O)O[C@]12CCC[C@H]1C(=O)[C@@]1(O)CCCC[C@@H]21. The van der Waals surface area contributed by atoms with Gasteiger partial charge < -0.3 is 9.84 Å². The molecule has 0 spiro atoms. The van der Waals surface area contributed by atoms with Gasteiger partial charge in [0.15, 0.2) is 5.78 Å². The molecule has 0 aromatic rings. The maximum atomic E-state index is 12.5. The zero-order valence-electron chi connectivity index (χ0n) is 10.8. The first-order valence-corrected chi connectivity index (χ1v) is 6.97. The molecule has 0 bridgehead atoms. The summed E-state index contributed by atoms with van der Waals surface area (Å²) >= 11 is 0. The van der Waals surface area contributed by atoms with Crippen molar-refractivity contribution in [1.29, 1.82) is 0 Å². The number of carbonyl (C=O) groups is 2. The molecule has 4 heteroatoms. The molecule has 0 aromatic carbocycles. The lowest BCUT2D eigenvalue weighted by Crippen LogP contribution is -2.49. The van der Waals surface area contributed by atoms with Gasteiger partial charge in [-0.25, -0.2) is 0 Å². The van der Waals surface area contributed by atoms with Gasteiger partial charge in [0.05, 0.1) is 5.92 Å². The third kappa shape index (κ3) is 1.35. The van der Waals surface area contributed by atoms with E-state index >= 15 is 0 Å². The number of rotatable bonds is 1. The van der Waals surface area contributed by atoms with Crippen molar-refractivity contribution in [3.05, 3.63) is 0 Å². The monoisotopic (exact) mass is 252 g/mol. The Morgan fingerprint density at radius 1 is 1.28 bits per heavy atom. The molecule has 3 fully saturated rings. The lowest BCUT2D eigenvalue weighted by atomic mass is 9.72. The van der Waals surface area contributed by atoms with Gasteiger partial charge in [0.1, 0.15) is 11.2 Å². The van der Waals surface area contributed by atoms with Gasteiger partial charge in [0, 0.05) is 12.8 Å². The number of aliphatic hydroxyl groups is 1. The van der Waals surface area contributed by atoms with Crippen LogP contribution in [0, 0.1) is 11.8 Å². The average molecular weight is 252 g/mol. The summed E-state index contributed by atoms with van der Waals surface area (Å²) in [5.74, 6) is -0.840. The van der Waals surface area contributed by atoms with Crippen molar-refractivity contribution < 1.29 is 19.4 Å². The Hall–Kier alpha value is -0.900. The highest BCUT2D eigenvalue weighted by molar-refractivity contribution is 5.94. The van der Waals surface area contributed by atoms with E-state index in [4.69, 9.17) is 4.74 Å². The van der Waals surface area contributed by atoms with E-state index in [0.29, 0.717) is 6.42 Å². The third-order valence-corrected chi connectivity index (χ3v) is 5.19. The van der Waals surface area contributed by atoms with Crippen LogP contribution in [0.15, 0.2) is 0 Å². The summed E-state index contributed by atoms with van der Waals surface area (Å²) in [5, 5.41) is 10.7. The number of hydrogen-bond acceptors (Lipinski definition) is 4. The number of fused-ring (bicyclic) bond motifs is 3. The van der Waals surface area contributed by atoms with Crippen molar-refractivity contribution in [3.8, 4) is 0 Å². The fourth-order valence-corrected chi connectivity index (χ4v) is 4.63. The quantitative estimate of drug-likeness (QED) is 0.720. The summed E-state index contributed by atoms with van der Waals surface area (Å²) in [5.41, 5.74) is -1.92. The second kappa shape index (κ2) is 3.80. The van der Waals surface area contributed by atoms with E-state index in [2.05, 4.69) is 0 Å². The largest absolute Gasteiger partial charge is 0.458 e. The second-order valence-corrected chi connectivity index (χ2v) is 6.08. The predicted molar refractivity (Wildman–Crippen MR) is 63.8 cm³/mol. The Kier molecular flexibility index (Phi) is 2.56. The lowest BCUT2D eigenvalue weighted by Gasteiger charge is -2.41. The smallest absolute Gasteiger partial charge is 0.303 e. The summed E-state index contributed by atoms with van der Waals surface area (Å²) in [6.45, 7) is 1.40. The molecule has 0 saturated heterocycles. The molecule has 3 aliphatic rings. The highest BCUT2D eigenvalue weighted by Crippen LogP contribution is 2.59. The summed E-state index contributed by atoms with van der Waals surface area (Å²) in [4.78, 5) is 23.9. The Labute approximate surface area is 107 Å². The number of ketones is 1. The van der Waals surface area contributed by atoms with Gasteiger partial charge in [-0.15, -0.1) is 0 Å². The van der Waals surface area contributed by atoms with Crippen LogP contribution in [-0.2, 0) is 14.3 Å². The molecule has 0 aliphatic heterocycles. The van der Waals surface area contributed by atoms with Crippen molar-refractivity contribution in [2.45, 2.75) is 63.1 Å². The second-order valence-electron chi connectivity index (χ2n) is 6.08. The van der Waals surface area contributed by atoms with Crippen molar-refractivity contribution in [2.75, 3.05) is 0 Å². The van der Waals surface area contributed by atoms with Crippen LogP contribution in [0.4, 0.5) is 0 Å². The van der Waals surface area contributed by atoms with Crippen LogP contribution in [0.1, 0.15) is 51.9 Å². The fraction of sp³-hybridized carbons (Fsp3) is 0.857. The highest BCUT2D eigenvalue weighted by atomic mass is 16.6. The van der Waals surface area contributed by atoms with Crippen LogP contribution in [0.25, 0.3) is 0 Å². The molecule has 18 heavy (non-hydrogen) atoms. The molecule has 1 N–H and O–H groups in total. The molecule has 4 atom stereocenters. The lowest BCUT2D eigenvalue weighted by molar-refractivity contribution is -0.172. The minimum absolute atomic E-state index is 0.0639. The summed E-state index contributed by atoms with van der Waals surface area (Å²) in [6.07, 6.45) is 5.64. The Morgan fingerprint density at radius 3 is 2.78 bits per heavy atom. The number of hydrogen-bond donors (Lipinski definition) is 1.